The molecular formula is C25H28N4O3. The molecule has 2 amide bonds. The van der Waals surface area contributed by atoms with E-state index in [1.165, 1.54) is 14.2 Å². The number of oxime groups is 1. The number of nitrogens with one attached hydrogen (secondary N) is 1. The summed E-state index contributed by atoms with van der Waals surface area (Å²) in [4.78, 5) is 17.1. The van der Waals surface area contributed by atoms with Gasteiger partial charge in [-0.15, -0.1) is 0 Å². The number of aryl methyl sites for hydroxylation is 2. The molecule has 166 valence electrons. The average Bonchev–Trinajstić information content (AvgIpc) is 2.78. The molecule has 32 heavy (non-hydrogen) atoms. The number of carbonyl (C=O) groups excluding carboxylic acids is 1. The Hall–Kier alpha value is -3.84. The van der Waals surface area contributed by atoms with E-state index >= 15 is 0 Å². The zero-order valence-electron chi connectivity index (χ0n) is 18.8. The number of nitrogens with two attached hydrogens (primary N) is 1. The van der Waals surface area contributed by atoms with Crippen LogP contribution in [-0.2, 0) is 11.4 Å². The minimum atomic E-state index is -0.400. The quantitative estimate of drug-likeness (QED) is 0.247. The molecule has 0 unspecified atom stereocenters. The zero-order valence-corrected chi connectivity index (χ0v) is 18.8. The van der Waals surface area contributed by atoms with E-state index in [0.29, 0.717) is 12.3 Å². The van der Waals surface area contributed by atoms with Crippen LogP contribution in [0.25, 0.3) is 0 Å². The third-order valence-corrected chi connectivity index (χ3v) is 5.02. The van der Waals surface area contributed by atoms with Crippen LogP contribution in [0.4, 0.5) is 10.5 Å². The van der Waals surface area contributed by atoms with E-state index in [2.05, 4.69) is 10.5 Å². The smallest absolute Gasteiger partial charge is 0.335 e. The lowest BCUT2D eigenvalue weighted by Crippen LogP contribution is -2.37. The van der Waals surface area contributed by atoms with Crippen LogP contribution in [0.2, 0.25) is 0 Å². The standard InChI is InChI=1S/C25H28N4O3/c1-17-9-8-12-22(27-25(30)29(3)26)21(17)16-32-23-14-13-20(15-18(23)2)24(28-31-4)19-10-6-5-7-11-19/h5-15H,16,26H2,1-4H3,(H,27,30). The van der Waals surface area contributed by atoms with Gasteiger partial charge in [0.1, 0.15) is 25.2 Å². The molecule has 0 aliphatic carbocycles. The SMILES string of the molecule is CON=C(c1ccccc1)c1ccc(OCc2c(C)cccc2NC(=O)N(C)N)c(C)c1. The first kappa shape index (κ1) is 22.8. The lowest BCUT2D eigenvalue weighted by atomic mass is 10.0. The molecule has 0 aliphatic rings. The first-order valence-corrected chi connectivity index (χ1v) is 10.2. The fourth-order valence-corrected chi connectivity index (χ4v) is 3.28. The van der Waals surface area contributed by atoms with Gasteiger partial charge < -0.3 is 14.9 Å². The average molecular weight is 433 g/mol. The van der Waals surface area contributed by atoms with Crippen LogP contribution in [0, 0.1) is 13.8 Å². The Kier molecular flexibility index (Phi) is 7.46. The molecule has 0 bridgehead atoms. The van der Waals surface area contributed by atoms with Crippen molar-refractivity contribution in [1.29, 1.82) is 0 Å². The van der Waals surface area contributed by atoms with Gasteiger partial charge in [0.2, 0.25) is 0 Å². The predicted octanol–water partition coefficient (Wildman–Crippen LogP) is 4.62. The predicted molar refractivity (Wildman–Crippen MR) is 127 cm³/mol. The Balaban J connectivity index is 1.82. The van der Waals surface area contributed by atoms with Gasteiger partial charge in [0.15, 0.2) is 0 Å². The van der Waals surface area contributed by atoms with Crippen molar-refractivity contribution in [2.45, 2.75) is 20.5 Å². The van der Waals surface area contributed by atoms with Gasteiger partial charge in [0.05, 0.1) is 0 Å². The van der Waals surface area contributed by atoms with E-state index in [1.54, 1.807) is 0 Å². The van der Waals surface area contributed by atoms with Crippen molar-refractivity contribution in [1.82, 2.24) is 5.01 Å². The fraction of sp³-hybridized carbons (Fsp3) is 0.200. The first-order chi connectivity index (χ1) is 15.4. The van der Waals surface area contributed by atoms with E-state index in [4.69, 9.17) is 15.4 Å². The molecule has 7 nitrogen and oxygen atoms in total. The monoisotopic (exact) mass is 432 g/mol. The van der Waals surface area contributed by atoms with Crippen LogP contribution in [0.5, 0.6) is 5.75 Å². The molecule has 3 rings (SSSR count). The third kappa shape index (κ3) is 5.44. The summed E-state index contributed by atoms with van der Waals surface area (Å²) < 4.78 is 6.12. The van der Waals surface area contributed by atoms with E-state index < -0.39 is 6.03 Å². The van der Waals surface area contributed by atoms with Gasteiger partial charge in [-0.05, 0) is 49.2 Å². The largest absolute Gasteiger partial charge is 0.489 e. The topological polar surface area (TPSA) is 89.2 Å². The highest BCUT2D eigenvalue weighted by atomic mass is 16.6. The van der Waals surface area contributed by atoms with Crippen molar-refractivity contribution in [2.75, 3.05) is 19.5 Å². The molecule has 0 aliphatic heterocycles. The highest BCUT2D eigenvalue weighted by Crippen LogP contribution is 2.26. The lowest BCUT2D eigenvalue weighted by molar-refractivity contribution is 0.214. The van der Waals surface area contributed by atoms with Crippen molar-refractivity contribution in [3.8, 4) is 5.75 Å². The number of urea groups is 1. The van der Waals surface area contributed by atoms with Crippen molar-refractivity contribution >= 4 is 17.4 Å². The zero-order chi connectivity index (χ0) is 23.1. The first-order valence-electron chi connectivity index (χ1n) is 10.2. The molecule has 0 heterocycles. The van der Waals surface area contributed by atoms with Gasteiger partial charge >= 0.3 is 6.03 Å². The lowest BCUT2D eigenvalue weighted by Gasteiger charge is -2.18. The Morgan fingerprint density at radius 1 is 1.00 bits per heavy atom. The van der Waals surface area contributed by atoms with Crippen LogP contribution in [0.15, 0.2) is 71.9 Å². The third-order valence-electron chi connectivity index (χ3n) is 5.02. The maximum atomic E-state index is 12.0. The summed E-state index contributed by atoms with van der Waals surface area (Å²) in [5.41, 5.74) is 6.17. The Morgan fingerprint density at radius 2 is 1.75 bits per heavy atom. The number of ether oxygens (including phenoxy) is 1. The second-order valence-corrected chi connectivity index (χ2v) is 7.40. The summed E-state index contributed by atoms with van der Waals surface area (Å²) in [5, 5.41) is 8.03. The second kappa shape index (κ2) is 10.5. The molecular weight excluding hydrogens is 404 g/mol. The molecule has 0 saturated carbocycles. The van der Waals surface area contributed by atoms with Gasteiger partial charge in [0, 0.05) is 29.4 Å². The van der Waals surface area contributed by atoms with Gasteiger partial charge in [0.25, 0.3) is 0 Å². The highest BCUT2D eigenvalue weighted by molar-refractivity contribution is 6.12. The normalized spacial score (nSPS) is 11.1. The number of hydrogen-bond donors (Lipinski definition) is 2. The number of nitrogens with zero attached hydrogens (tertiary/aromatic N) is 2. The number of hydrogen-bond acceptors (Lipinski definition) is 5. The van der Waals surface area contributed by atoms with Gasteiger partial charge in [-0.3, -0.25) is 5.01 Å². The van der Waals surface area contributed by atoms with Crippen LogP contribution in [0.1, 0.15) is 27.8 Å². The minimum Gasteiger partial charge on any atom is -0.489 e. The summed E-state index contributed by atoms with van der Waals surface area (Å²) in [5.74, 6) is 6.28. The maximum Gasteiger partial charge on any atom is 0.335 e. The maximum absolute atomic E-state index is 12.0. The van der Waals surface area contributed by atoms with Crippen LogP contribution >= 0.6 is 0 Å². The molecule has 0 saturated heterocycles. The number of hydrazine groups is 1. The number of rotatable bonds is 7. The van der Waals surface area contributed by atoms with Crippen LogP contribution in [0.3, 0.4) is 0 Å². The van der Waals surface area contributed by atoms with E-state index in [0.717, 1.165) is 44.3 Å². The summed E-state index contributed by atoms with van der Waals surface area (Å²) >= 11 is 0. The molecule has 7 heteroatoms. The molecule has 0 fully saturated rings. The van der Waals surface area contributed by atoms with Crippen molar-refractivity contribution in [2.24, 2.45) is 11.0 Å². The Bertz CT molecular complexity index is 1110. The van der Waals surface area contributed by atoms with Gasteiger partial charge in [-0.1, -0.05) is 47.6 Å². The molecule has 0 aromatic heterocycles. The van der Waals surface area contributed by atoms with Crippen molar-refractivity contribution in [3.63, 3.8) is 0 Å². The molecule has 0 atom stereocenters. The fourth-order valence-electron chi connectivity index (χ4n) is 3.28. The van der Waals surface area contributed by atoms with Crippen LogP contribution < -0.4 is 15.9 Å². The number of benzene rings is 3. The summed E-state index contributed by atoms with van der Waals surface area (Å²) in [7, 11) is 3.02. The van der Waals surface area contributed by atoms with E-state index in [9.17, 15) is 4.79 Å². The van der Waals surface area contributed by atoms with Crippen molar-refractivity contribution < 1.29 is 14.4 Å². The van der Waals surface area contributed by atoms with E-state index in [1.807, 2.05) is 80.6 Å². The molecule has 0 spiro atoms. The Morgan fingerprint density at radius 3 is 2.41 bits per heavy atom. The number of carbonyl (C=O) groups is 1. The molecule has 3 aromatic rings. The Labute approximate surface area is 188 Å². The minimum absolute atomic E-state index is 0.300. The van der Waals surface area contributed by atoms with Gasteiger partial charge in [-0.25, -0.2) is 10.6 Å². The summed E-state index contributed by atoms with van der Waals surface area (Å²) in [6, 6.07) is 21.1. The summed E-state index contributed by atoms with van der Waals surface area (Å²) in [6.45, 7) is 4.26. The number of amides is 2. The van der Waals surface area contributed by atoms with Gasteiger partial charge in [-0.2, -0.15) is 0 Å². The van der Waals surface area contributed by atoms with Crippen LogP contribution in [-0.4, -0.2) is 30.9 Å². The highest BCUT2D eigenvalue weighted by Gasteiger charge is 2.13. The van der Waals surface area contributed by atoms with Crippen molar-refractivity contribution in [3.05, 3.63) is 94.5 Å². The molecule has 3 aromatic carbocycles. The summed E-state index contributed by atoms with van der Waals surface area (Å²) in [6.07, 6.45) is 0. The second-order valence-electron chi connectivity index (χ2n) is 7.40. The molecule has 3 N–H and O–H groups in total. The molecule has 0 radical (unpaired) electrons. The van der Waals surface area contributed by atoms with E-state index in [-0.39, 0.29) is 0 Å². The number of anilines is 1.